The van der Waals surface area contributed by atoms with Gasteiger partial charge in [-0.15, -0.1) is 0 Å². The van der Waals surface area contributed by atoms with Crippen molar-refractivity contribution in [2.75, 3.05) is 18.6 Å². The van der Waals surface area contributed by atoms with Gasteiger partial charge in [-0.25, -0.2) is 4.98 Å². The van der Waals surface area contributed by atoms with Crippen LogP contribution in [-0.4, -0.2) is 30.3 Å². The lowest BCUT2D eigenvalue weighted by Gasteiger charge is -2.25. The Morgan fingerprint density at radius 2 is 1.83 bits per heavy atom. The van der Waals surface area contributed by atoms with Gasteiger partial charge < -0.3 is 9.64 Å². The summed E-state index contributed by atoms with van der Waals surface area (Å²) in [6.45, 7) is 0.865. The summed E-state index contributed by atoms with van der Waals surface area (Å²) < 4.78 is 8.43. The Balaban J connectivity index is 1.29. The first-order valence-corrected chi connectivity index (χ1v) is 12.9. The zero-order chi connectivity index (χ0) is 24.4. The van der Waals surface area contributed by atoms with Crippen molar-refractivity contribution in [2.24, 2.45) is 17.8 Å². The quantitative estimate of drug-likeness (QED) is 0.271. The number of hydrogen-bond acceptors (Lipinski definition) is 6. The highest BCUT2D eigenvalue weighted by Crippen LogP contribution is 2.43. The summed E-state index contributed by atoms with van der Waals surface area (Å²) in [6, 6.07) is 19.2. The Hall–Kier alpha value is -3.03. The third kappa shape index (κ3) is 5.63. The second kappa shape index (κ2) is 10.3. The largest absolute Gasteiger partial charge is 0.494 e. The normalized spacial score (nSPS) is 18.6. The molecule has 180 valence electrons. The van der Waals surface area contributed by atoms with Crippen LogP contribution in [0.5, 0.6) is 5.75 Å². The number of pyridine rings is 1. The maximum atomic E-state index is 13.2. The van der Waals surface area contributed by atoms with E-state index in [4.69, 9.17) is 16.3 Å². The Labute approximate surface area is 214 Å². The molecule has 2 saturated carbocycles. The van der Waals surface area contributed by atoms with E-state index in [0.717, 1.165) is 22.8 Å². The minimum absolute atomic E-state index is 0.133. The first-order chi connectivity index (χ1) is 17.0. The van der Waals surface area contributed by atoms with Gasteiger partial charge in [0.2, 0.25) is 5.91 Å². The molecule has 1 heterocycles. The number of halogens is 1. The van der Waals surface area contributed by atoms with Crippen LogP contribution in [-0.2, 0) is 4.79 Å². The molecule has 2 aliphatic carbocycles. The van der Waals surface area contributed by atoms with Crippen molar-refractivity contribution in [1.82, 2.24) is 9.71 Å². The summed E-state index contributed by atoms with van der Waals surface area (Å²) in [5, 5.41) is 0.682. The molecule has 1 amide bonds. The highest BCUT2D eigenvalue weighted by atomic mass is 35.5. The fraction of sp³-hybridized carbons (Fsp3) is 0.296. The molecule has 2 unspecified atom stereocenters. The number of ether oxygens (including phenoxy) is 1. The van der Waals surface area contributed by atoms with Crippen molar-refractivity contribution in [3.8, 4) is 5.75 Å². The van der Waals surface area contributed by atoms with Gasteiger partial charge in [-0.05, 0) is 73.5 Å². The van der Waals surface area contributed by atoms with E-state index in [1.165, 1.54) is 24.8 Å². The van der Waals surface area contributed by atoms with Crippen LogP contribution >= 0.6 is 23.5 Å². The molecule has 5 rings (SSSR count). The van der Waals surface area contributed by atoms with Gasteiger partial charge in [0.1, 0.15) is 11.4 Å². The Kier molecular flexibility index (Phi) is 6.97. The summed E-state index contributed by atoms with van der Waals surface area (Å²) in [5.74, 6) is 0.0527. The number of nitrogens with one attached hydrogen (secondary N) is 1. The molecule has 0 aliphatic heterocycles. The summed E-state index contributed by atoms with van der Waals surface area (Å²) >= 11 is 7.35. The van der Waals surface area contributed by atoms with Crippen molar-refractivity contribution in [3.05, 3.63) is 77.6 Å². The zero-order valence-electron chi connectivity index (χ0n) is 19.3. The number of rotatable bonds is 10. The van der Waals surface area contributed by atoms with Crippen LogP contribution in [0.2, 0.25) is 5.02 Å². The Morgan fingerprint density at radius 3 is 2.51 bits per heavy atom. The molecule has 0 saturated heterocycles. The lowest BCUT2D eigenvalue weighted by Crippen LogP contribution is -2.22. The van der Waals surface area contributed by atoms with Crippen molar-refractivity contribution in [1.29, 1.82) is 0 Å². The van der Waals surface area contributed by atoms with Gasteiger partial charge in [-0.1, -0.05) is 29.8 Å². The maximum absolute atomic E-state index is 13.2. The standard InChI is InChI=1S/C27H26ClN3O3S/c1-34-24-13-20(31(16-17-7-8-17)19-11-9-18(28)10-12-19)15-29-25(24)26(32)22-14-23(22)27(33)30-35-21-5-3-2-4-6-21/h2-6,9-13,15,17,22-23H,7-8,14,16H2,1H3,(H,30,33). The highest BCUT2D eigenvalue weighted by molar-refractivity contribution is 7.98. The highest BCUT2D eigenvalue weighted by Gasteiger charge is 2.49. The zero-order valence-corrected chi connectivity index (χ0v) is 20.9. The van der Waals surface area contributed by atoms with E-state index in [2.05, 4.69) is 14.6 Å². The van der Waals surface area contributed by atoms with E-state index in [1.54, 1.807) is 13.3 Å². The number of carbonyl (C=O) groups is 2. The van der Waals surface area contributed by atoms with E-state index in [-0.39, 0.29) is 29.2 Å². The Bertz CT molecular complexity index is 1220. The lowest BCUT2D eigenvalue weighted by atomic mass is 10.1. The molecular weight excluding hydrogens is 482 g/mol. The molecule has 8 heteroatoms. The third-order valence-electron chi connectivity index (χ3n) is 6.36. The summed E-state index contributed by atoms with van der Waals surface area (Å²) in [5.41, 5.74) is 2.14. The van der Waals surface area contributed by atoms with Crippen molar-refractivity contribution >= 4 is 46.6 Å². The van der Waals surface area contributed by atoms with Gasteiger partial charge in [0.05, 0.1) is 19.0 Å². The van der Waals surface area contributed by atoms with E-state index < -0.39 is 0 Å². The number of methoxy groups -OCH3 is 1. The number of hydrogen-bond donors (Lipinski definition) is 1. The minimum Gasteiger partial charge on any atom is -0.494 e. The predicted molar refractivity (Wildman–Crippen MR) is 138 cm³/mol. The molecule has 0 bridgehead atoms. The van der Waals surface area contributed by atoms with Gasteiger partial charge >= 0.3 is 0 Å². The number of benzene rings is 2. The van der Waals surface area contributed by atoms with E-state index in [1.807, 2.05) is 60.7 Å². The van der Waals surface area contributed by atoms with E-state index >= 15 is 0 Å². The van der Waals surface area contributed by atoms with Gasteiger partial charge in [0, 0.05) is 40.1 Å². The first kappa shape index (κ1) is 23.7. The molecule has 0 radical (unpaired) electrons. The number of amides is 1. The second-order valence-electron chi connectivity index (χ2n) is 8.97. The molecule has 2 aliphatic rings. The molecule has 35 heavy (non-hydrogen) atoms. The van der Waals surface area contributed by atoms with Crippen LogP contribution in [0.4, 0.5) is 11.4 Å². The number of nitrogens with zero attached hydrogens (tertiary/aromatic N) is 2. The summed E-state index contributed by atoms with van der Waals surface area (Å²) in [7, 11) is 1.54. The van der Waals surface area contributed by atoms with Crippen LogP contribution in [0, 0.1) is 17.8 Å². The van der Waals surface area contributed by atoms with Crippen molar-refractivity contribution in [3.63, 3.8) is 0 Å². The first-order valence-electron chi connectivity index (χ1n) is 11.7. The monoisotopic (exact) mass is 507 g/mol. The second-order valence-corrected chi connectivity index (χ2v) is 10.3. The summed E-state index contributed by atoms with van der Waals surface area (Å²) in [4.78, 5) is 33.4. The molecule has 2 atom stereocenters. The number of carbonyl (C=O) groups excluding carboxylic acids is 2. The van der Waals surface area contributed by atoms with Crippen LogP contribution < -0.4 is 14.4 Å². The molecule has 0 spiro atoms. The average Bonchev–Trinajstić information content (AvgIpc) is 3.81. The summed E-state index contributed by atoms with van der Waals surface area (Å²) in [6.07, 6.45) is 4.65. The number of ketones is 1. The van der Waals surface area contributed by atoms with Crippen molar-refractivity contribution < 1.29 is 14.3 Å². The number of aromatic nitrogens is 1. The molecule has 3 aromatic rings. The fourth-order valence-corrected chi connectivity index (χ4v) is 4.87. The smallest absolute Gasteiger partial charge is 0.233 e. The predicted octanol–water partition coefficient (Wildman–Crippen LogP) is 5.93. The molecule has 1 aromatic heterocycles. The fourth-order valence-electron chi connectivity index (χ4n) is 4.09. The number of anilines is 2. The van der Waals surface area contributed by atoms with Gasteiger partial charge in [0.15, 0.2) is 5.78 Å². The lowest BCUT2D eigenvalue weighted by molar-refractivity contribution is -0.120. The van der Waals surface area contributed by atoms with Crippen molar-refractivity contribution in [2.45, 2.75) is 24.2 Å². The van der Waals surface area contributed by atoms with Gasteiger partial charge in [-0.3, -0.25) is 14.3 Å². The molecular formula is C27H26ClN3O3S. The molecule has 2 aromatic carbocycles. The number of Topliss-reactive ketones (excluding diaryl/α,β-unsaturated/α-hetero) is 1. The average molecular weight is 508 g/mol. The molecule has 6 nitrogen and oxygen atoms in total. The topological polar surface area (TPSA) is 71.5 Å². The van der Waals surface area contributed by atoms with Crippen LogP contribution in [0.25, 0.3) is 0 Å². The van der Waals surface area contributed by atoms with Crippen LogP contribution in [0.1, 0.15) is 29.8 Å². The molecule has 2 fully saturated rings. The maximum Gasteiger partial charge on any atom is 0.233 e. The van der Waals surface area contributed by atoms with Crippen LogP contribution in [0.3, 0.4) is 0 Å². The SMILES string of the molecule is COc1cc(N(CC2CC2)c2ccc(Cl)cc2)cnc1C(=O)C1CC1C(=O)NSc1ccccc1. The minimum atomic E-state index is -0.377. The van der Waals surface area contributed by atoms with E-state index in [0.29, 0.717) is 23.1 Å². The molecule has 1 N–H and O–H groups in total. The van der Waals surface area contributed by atoms with Gasteiger partial charge in [-0.2, -0.15) is 0 Å². The third-order valence-corrected chi connectivity index (χ3v) is 7.42. The van der Waals surface area contributed by atoms with Crippen LogP contribution in [0.15, 0.2) is 71.8 Å². The van der Waals surface area contributed by atoms with Gasteiger partial charge in [0.25, 0.3) is 0 Å². The Morgan fingerprint density at radius 1 is 1.09 bits per heavy atom. The van der Waals surface area contributed by atoms with E-state index in [9.17, 15) is 9.59 Å².